The second kappa shape index (κ2) is 5.90. The van der Waals surface area contributed by atoms with Gasteiger partial charge in [-0.1, -0.05) is 30.9 Å². The molecule has 1 aliphatic heterocycles. The highest BCUT2D eigenvalue weighted by Gasteiger charge is 2.50. The molecule has 1 heterocycles. The minimum atomic E-state index is -0.237. The van der Waals surface area contributed by atoms with Crippen molar-refractivity contribution in [1.29, 1.82) is 0 Å². The first-order chi connectivity index (χ1) is 8.32. The highest BCUT2D eigenvalue weighted by molar-refractivity contribution is 6.45. The molecule has 0 atom stereocenters. The Balaban J connectivity index is 2.54. The van der Waals surface area contributed by atoms with Crippen molar-refractivity contribution < 1.29 is 9.31 Å². The van der Waals surface area contributed by atoms with Crippen LogP contribution in [0.1, 0.15) is 41.0 Å². The van der Waals surface area contributed by atoms with Gasteiger partial charge in [-0.3, -0.25) is 0 Å². The molecule has 0 spiro atoms. The Morgan fingerprint density at radius 1 is 1.17 bits per heavy atom. The number of allylic oxidation sites excluding steroid dienone is 5. The number of rotatable bonds is 5. The summed E-state index contributed by atoms with van der Waals surface area (Å²) in [5.41, 5.74) is 0.737. The zero-order chi connectivity index (χ0) is 13.8. The predicted octanol–water partition coefficient (Wildman–Crippen LogP) is 4.16. The van der Waals surface area contributed by atoms with Crippen LogP contribution in [0.5, 0.6) is 0 Å². The summed E-state index contributed by atoms with van der Waals surface area (Å²) in [4.78, 5) is 0. The van der Waals surface area contributed by atoms with Crippen LogP contribution in [0.4, 0.5) is 0 Å². The first-order valence-electron chi connectivity index (χ1n) is 6.62. The van der Waals surface area contributed by atoms with Crippen LogP contribution >= 0.6 is 0 Å². The maximum atomic E-state index is 5.96. The van der Waals surface area contributed by atoms with E-state index in [0.717, 1.165) is 12.7 Å². The van der Waals surface area contributed by atoms with E-state index < -0.39 is 0 Å². The lowest BCUT2D eigenvalue weighted by atomic mass is 9.81. The highest BCUT2D eigenvalue weighted by Crippen LogP contribution is 2.38. The van der Waals surface area contributed by atoms with Crippen molar-refractivity contribution in [2.24, 2.45) is 0 Å². The van der Waals surface area contributed by atoms with Gasteiger partial charge in [0.15, 0.2) is 0 Å². The maximum Gasteiger partial charge on any atom is 0.458 e. The van der Waals surface area contributed by atoms with Crippen LogP contribution in [0.25, 0.3) is 0 Å². The fourth-order valence-electron chi connectivity index (χ4n) is 1.84. The number of hydrogen-bond acceptors (Lipinski definition) is 2. The summed E-state index contributed by atoms with van der Waals surface area (Å²) < 4.78 is 11.9. The van der Waals surface area contributed by atoms with Crippen molar-refractivity contribution in [3.8, 4) is 0 Å². The smallest absolute Gasteiger partial charge is 0.403 e. The molecule has 1 fully saturated rings. The molecule has 3 heteroatoms. The van der Waals surface area contributed by atoms with Gasteiger partial charge < -0.3 is 9.31 Å². The molecule has 0 aromatic heterocycles. The minimum Gasteiger partial charge on any atom is -0.403 e. The molecule has 0 aromatic carbocycles. The lowest BCUT2D eigenvalue weighted by Gasteiger charge is -2.32. The average Bonchev–Trinajstić information content (AvgIpc) is 2.48. The van der Waals surface area contributed by atoms with Gasteiger partial charge in [-0.25, -0.2) is 0 Å². The summed E-state index contributed by atoms with van der Waals surface area (Å²) in [6, 6.07) is 0. The van der Waals surface area contributed by atoms with Gasteiger partial charge in [0.2, 0.25) is 0 Å². The Morgan fingerprint density at radius 3 is 2.17 bits per heavy atom. The molecule has 1 aliphatic rings. The quantitative estimate of drug-likeness (QED) is 0.537. The standard InChI is InChI=1S/C15H25BO2/c1-7-9-10-13(8-2)11-12-16-17-14(3,4)15(5,6)18-16/h7-10H,2,11-12H2,1,3-6H3/b9-7-,13-10+. The topological polar surface area (TPSA) is 18.5 Å². The maximum absolute atomic E-state index is 5.96. The van der Waals surface area contributed by atoms with Crippen LogP contribution in [-0.2, 0) is 9.31 Å². The lowest BCUT2D eigenvalue weighted by Crippen LogP contribution is -2.41. The third kappa shape index (κ3) is 3.60. The Hall–Kier alpha value is -0.795. The molecule has 1 saturated heterocycles. The molecule has 2 nitrogen and oxygen atoms in total. The van der Waals surface area contributed by atoms with E-state index in [1.54, 1.807) is 0 Å². The summed E-state index contributed by atoms with van der Waals surface area (Å²) in [6.45, 7) is 14.2. The first-order valence-corrected chi connectivity index (χ1v) is 6.62. The van der Waals surface area contributed by atoms with E-state index in [1.165, 1.54) is 5.57 Å². The van der Waals surface area contributed by atoms with Gasteiger partial charge >= 0.3 is 7.12 Å². The van der Waals surface area contributed by atoms with E-state index in [9.17, 15) is 0 Å². The molecule has 1 rings (SSSR count). The Morgan fingerprint density at radius 2 is 1.72 bits per heavy atom. The third-order valence-electron chi connectivity index (χ3n) is 3.74. The molecule has 0 amide bonds. The molecule has 18 heavy (non-hydrogen) atoms. The second-order valence-corrected chi connectivity index (χ2v) is 5.70. The van der Waals surface area contributed by atoms with E-state index >= 15 is 0 Å². The zero-order valence-corrected chi connectivity index (χ0v) is 12.3. The van der Waals surface area contributed by atoms with Crippen molar-refractivity contribution in [3.63, 3.8) is 0 Å². The fourth-order valence-corrected chi connectivity index (χ4v) is 1.84. The molecular formula is C15H25BO2. The highest BCUT2D eigenvalue weighted by atomic mass is 16.7. The predicted molar refractivity (Wildman–Crippen MR) is 78.6 cm³/mol. The molecule has 100 valence electrons. The summed E-state index contributed by atoms with van der Waals surface area (Å²) in [5, 5.41) is 0. The van der Waals surface area contributed by atoms with Gasteiger partial charge in [-0.05, 0) is 52.9 Å². The molecule has 0 unspecified atom stereocenters. The summed E-state index contributed by atoms with van der Waals surface area (Å²) in [5.74, 6) is 0. The fraction of sp³-hybridized carbons (Fsp3) is 0.600. The van der Waals surface area contributed by atoms with Gasteiger partial charge in [0.25, 0.3) is 0 Å². The molecule has 0 aromatic rings. The van der Waals surface area contributed by atoms with Crippen molar-refractivity contribution in [1.82, 2.24) is 0 Å². The van der Waals surface area contributed by atoms with Gasteiger partial charge in [0, 0.05) is 0 Å². The van der Waals surface area contributed by atoms with Crippen molar-refractivity contribution in [3.05, 3.63) is 36.5 Å². The van der Waals surface area contributed by atoms with E-state index in [4.69, 9.17) is 9.31 Å². The van der Waals surface area contributed by atoms with Gasteiger partial charge in [0.1, 0.15) is 0 Å². The van der Waals surface area contributed by atoms with Crippen LogP contribution in [0, 0.1) is 0 Å². The largest absolute Gasteiger partial charge is 0.458 e. The molecule has 0 saturated carbocycles. The van der Waals surface area contributed by atoms with Gasteiger partial charge in [0.05, 0.1) is 11.2 Å². The molecular weight excluding hydrogens is 223 g/mol. The van der Waals surface area contributed by atoms with Gasteiger partial charge in [-0.2, -0.15) is 0 Å². The molecule has 0 bridgehead atoms. The lowest BCUT2D eigenvalue weighted by molar-refractivity contribution is 0.00578. The Bertz CT molecular complexity index is 338. The van der Waals surface area contributed by atoms with Crippen molar-refractivity contribution >= 4 is 7.12 Å². The van der Waals surface area contributed by atoms with Crippen molar-refractivity contribution in [2.75, 3.05) is 0 Å². The average molecular weight is 248 g/mol. The van der Waals surface area contributed by atoms with Crippen LogP contribution in [0.3, 0.4) is 0 Å². The van der Waals surface area contributed by atoms with Crippen molar-refractivity contribution in [2.45, 2.75) is 58.6 Å². The monoisotopic (exact) mass is 248 g/mol. The van der Waals surface area contributed by atoms with Crippen LogP contribution in [0.2, 0.25) is 6.32 Å². The van der Waals surface area contributed by atoms with Crippen LogP contribution in [0.15, 0.2) is 36.5 Å². The molecule has 0 aliphatic carbocycles. The number of hydrogen-bond donors (Lipinski definition) is 0. The summed E-state index contributed by atoms with van der Waals surface area (Å²) >= 11 is 0. The minimum absolute atomic E-state index is 0.121. The Kier molecular flexibility index (Phi) is 5.00. The van der Waals surface area contributed by atoms with Crippen LogP contribution in [-0.4, -0.2) is 18.3 Å². The summed E-state index contributed by atoms with van der Waals surface area (Å²) in [6.07, 6.45) is 9.80. The van der Waals surface area contributed by atoms with E-state index in [1.807, 2.05) is 25.2 Å². The third-order valence-corrected chi connectivity index (χ3v) is 3.74. The second-order valence-electron chi connectivity index (χ2n) is 5.70. The van der Waals surface area contributed by atoms with E-state index in [0.29, 0.717) is 0 Å². The normalized spacial score (nSPS) is 22.7. The van der Waals surface area contributed by atoms with E-state index in [2.05, 4.69) is 40.3 Å². The van der Waals surface area contributed by atoms with Gasteiger partial charge in [-0.15, -0.1) is 0 Å². The Labute approximate surface area is 112 Å². The zero-order valence-electron chi connectivity index (χ0n) is 12.3. The molecule has 0 radical (unpaired) electrons. The first kappa shape index (κ1) is 15.3. The molecule has 0 N–H and O–H groups in total. The van der Waals surface area contributed by atoms with Crippen LogP contribution < -0.4 is 0 Å². The SMILES string of the molecule is C=C/C(=C\C=C/C)CCB1OC(C)(C)C(C)(C)O1. The summed E-state index contributed by atoms with van der Waals surface area (Å²) in [7, 11) is -0.121. The van der Waals surface area contributed by atoms with E-state index in [-0.39, 0.29) is 18.3 Å².